The predicted octanol–water partition coefficient (Wildman–Crippen LogP) is 1.44. The fourth-order valence-electron chi connectivity index (χ4n) is 3.33. The van der Waals surface area contributed by atoms with Gasteiger partial charge in [-0.15, -0.1) is 11.3 Å². The Balaban J connectivity index is 2.06. The normalized spacial score (nSPS) is 18.0. The van der Waals surface area contributed by atoms with E-state index in [-0.39, 0.29) is 17.4 Å². The number of ether oxygens (including phenoxy) is 1. The highest BCUT2D eigenvalue weighted by Crippen LogP contribution is 2.27. The number of nitrogens with zero attached hydrogens (tertiary/aromatic N) is 3. The standard InChI is InChI=1S/C24H37N5O10S2/c1-7-8-9-10-11-37-21(34)23(3,4)13-38-41(35,36)29-14(2)16(19(29)31)27-18(30)17(15-12-40-22(25)26-15)28-39-24(5,6)20(32)33/h12,14,16H,7-11,13H2,1-6H3,(H2,25,26)(H,27,30)(H,32,33)/b28-17+/t14-,16-/m0/s1. The first-order valence-electron chi connectivity index (χ1n) is 12.9. The van der Waals surface area contributed by atoms with Crippen LogP contribution >= 0.6 is 11.3 Å². The van der Waals surface area contributed by atoms with Crippen LogP contribution in [0.1, 0.15) is 72.9 Å². The van der Waals surface area contributed by atoms with Gasteiger partial charge in [0.1, 0.15) is 11.7 Å². The van der Waals surface area contributed by atoms with Gasteiger partial charge in [0.2, 0.25) is 5.60 Å². The second kappa shape index (κ2) is 13.6. The number of β-lactam (4-membered cyclic amide) rings is 1. The summed E-state index contributed by atoms with van der Waals surface area (Å²) in [5.41, 5.74) is 2.00. The zero-order chi connectivity index (χ0) is 31.2. The molecule has 1 aromatic rings. The Bertz CT molecular complexity index is 1280. The lowest BCUT2D eigenvalue weighted by Crippen LogP contribution is -2.71. The van der Waals surface area contributed by atoms with E-state index in [1.165, 1.54) is 40.0 Å². The van der Waals surface area contributed by atoms with Crippen LogP contribution in [-0.4, -0.2) is 83.2 Å². The minimum atomic E-state index is -4.62. The number of hydrogen-bond acceptors (Lipinski definition) is 13. The Morgan fingerprint density at radius 1 is 1.22 bits per heavy atom. The number of carboxylic acid groups (broad SMARTS) is 1. The third kappa shape index (κ3) is 8.59. The van der Waals surface area contributed by atoms with Gasteiger partial charge in [0.05, 0.1) is 24.7 Å². The van der Waals surface area contributed by atoms with Crippen LogP contribution < -0.4 is 11.1 Å². The van der Waals surface area contributed by atoms with Crippen molar-refractivity contribution in [3.8, 4) is 0 Å². The van der Waals surface area contributed by atoms with Gasteiger partial charge in [0, 0.05) is 5.38 Å². The zero-order valence-electron chi connectivity index (χ0n) is 23.8. The number of carboxylic acids is 1. The molecular formula is C24H37N5O10S2. The number of carbonyl (C=O) groups is 4. The number of hydrogen-bond donors (Lipinski definition) is 3. The molecule has 1 aliphatic rings. The SMILES string of the molecule is CCCCCCOC(=O)C(C)(C)COS(=O)(=O)N1C(=O)[C@@H](NC(=O)/C(=N/OC(C)(C)C(=O)O)c2csc(N)n2)[C@@H]1C. The molecule has 2 heterocycles. The maximum atomic E-state index is 13.0. The fraction of sp³-hybridized carbons (Fsp3) is 0.667. The summed E-state index contributed by atoms with van der Waals surface area (Å²) in [6.07, 6.45) is 3.63. The van der Waals surface area contributed by atoms with Crippen LogP contribution in [0.3, 0.4) is 0 Å². The largest absolute Gasteiger partial charge is 0.478 e. The van der Waals surface area contributed by atoms with Crippen molar-refractivity contribution in [3.63, 3.8) is 0 Å². The van der Waals surface area contributed by atoms with Crippen molar-refractivity contribution in [2.75, 3.05) is 18.9 Å². The van der Waals surface area contributed by atoms with Gasteiger partial charge in [-0.3, -0.25) is 18.6 Å². The number of carbonyl (C=O) groups excluding carboxylic acids is 3. The van der Waals surface area contributed by atoms with Crippen LogP contribution in [0.4, 0.5) is 5.13 Å². The van der Waals surface area contributed by atoms with Crippen molar-refractivity contribution in [3.05, 3.63) is 11.1 Å². The summed E-state index contributed by atoms with van der Waals surface area (Å²) in [5, 5.41) is 16.7. The topological polar surface area (TPSA) is 217 Å². The summed E-state index contributed by atoms with van der Waals surface area (Å²) in [4.78, 5) is 58.5. The van der Waals surface area contributed by atoms with Gasteiger partial charge in [0.15, 0.2) is 10.8 Å². The van der Waals surface area contributed by atoms with Crippen molar-refractivity contribution in [2.24, 2.45) is 10.6 Å². The molecule has 1 fully saturated rings. The van der Waals surface area contributed by atoms with Gasteiger partial charge in [-0.1, -0.05) is 31.3 Å². The minimum Gasteiger partial charge on any atom is -0.478 e. The molecule has 1 aromatic heterocycles. The average molecular weight is 620 g/mol. The van der Waals surface area contributed by atoms with E-state index >= 15 is 0 Å². The van der Waals surface area contributed by atoms with E-state index in [1.54, 1.807) is 0 Å². The molecule has 41 heavy (non-hydrogen) atoms. The van der Waals surface area contributed by atoms with E-state index < -0.39 is 69.5 Å². The lowest BCUT2D eigenvalue weighted by molar-refractivity contribution is -0.161. The van der Waals surface area contributed by atoms with E-state index in [1.807, 2.05) is 0 Å². The molecule has 2 atom stereocenters. The number of aliphatic carboxylic acids is 1. The first-order valence-corrected chi connectivity index (χ1v) is 15.1. The molecule has 15 nitrogen and oxygen atoms in total. The summed E-state index contributed by atoms with van der Waals surface area (Å²) in [6.45, 7) is 8.38. The number of oxime groups is 1. The molecule has 0 unspecified atom stereocenters. The summed E-state index contributed by atoms with van der Waals surface area (Å²) >= 11 is 0.980. The highest BCUT2D eigenvalue weighted by Gasteiger charge is 2.53. The summed E-state index contributed by atoms with van der Waals surface area (Å²) < 4.78 is 36.3. The van der Waals surface area contributed by atoms with E-state index in [0.717, 1.165) is 30.6 Å². The van der Waals surface area contributed by atoms with Gasteiger partial charge in [-0.25, -0.2) is 14.1 Å². The van der Waals surface area contributed by atoms with E-state index in [4.69, 9.17) is 19.5 Å². The highest BCUT2D eigenvalue weighted by atomic mass is 32.2. The molecule has 0 radical (unpaired) electrons. The van der Waals surface area contributed by atoms with E-state index in [9.17, 15) is 32.7 Å². The van der Waals surface area contributed by atoms with Crippen molar-refractivity contribution in [1.29, 1.82) is 0 Å². The van der Waals surface area contributed by atoms with Gasteiger partial charge < -0.3 is 25.7 Å². The molecule has 2 rings (SSSR count). The first-order chi connectivity index (χ1) is 18.9. The number of anilines is 1. The average Bonchev–Trinajstić information content (AvgIpc) is 3.31. The summed E-state index contributed by atoms with van der Waals surface area (Å²) in [5.74, 6) is -3.97. The molecule has 4 N–H and O–H groups in total. The number of unbranched alkanes of at least 4 members (excludes halogenated alkanes) is 3. The van der Waals surface area contributed by atoms with Crippen LogP contribution in [0.25, 0.3) is 0 Å². The Morgan fingerprint density at radius 2 is 1.88 bits per heavy atom. The lowest BCUT2D eigenvalue weighted by atomic mass is 9.95. The number of nitrogens with one attached hydrogen (secondary N) is 1. The molecule has 2 amide bonds. The Labute approximate surface area is 242 Å². The van der Waals surface area contributed by atoms with Crippen molar-refractivity contribution < 1.29 is 46.5 Å². The van der Waals surface area contributed by atoms with E-state index in [0.29, 0.717) is 10.7 Å². The van der Waals surface area contributed by atoms with Gasteiger partial charge in [0.25, 0.3) is 11.8 Å². The molecule has 0 aliphatic carbocycles. The van der Waals surface area contributed by atoms with Crippen LogP contribution in [0.5, 0.6) is 0 Å². The molecule has 1 aliphatic heterocycles. The van der Waals surface area contributed by atoms with Crippen LogP contribution in [-0.2, 0) is 43.2 Å². The van der Waals surface area contributed by atoms with Crippen LogP contribution in [0.15, 0.2) is 10.5 Å². The van der Waals surface area contributed by atoms with Crippen molar-refractivity contribution in [1.82, 2.24) is 14.6 Å². The molecule has 0 spiro atoms. The lowest BCUT2D eigenvalue weighted by Gasteiger charge is -2.43. The minimum absolute atomic E-state index is 0.0436. The number of nitrogen functional groups attached to an aromatic ring is 1. The van der Waals surface area contributed by atoms with Crippen molar-refractivity contribution >= 4 is 56.2 Å². The maximum absolute atomic E-state index is 13.0. The summed E-state index contributed by atoms with van der Waals surface area (Å²) in [6, 6.07) is -2.36. The Kier molecular flexibility index (Phi) is 11.2. The second-order valence-corrected chi connectivity index (χ2v) is 12.9. The third-order valence-corrected chi connectivity index (χ3v) is 8.16. The van der Waals surface area contributed by atoms with E-state index in [2.05, 4.69) is 22.4 Å². The van der Waals surface area contributed by atoms with Gasteiger partial charge >= 0.3 is 22.2 Å². The number of thiazole rings is 1. The highest BCUT2D eigenvalue weighted by molar-refractivity contribution is 7.85. The number of amides is 2. The molecule has 0 saturated carbocycles. The predicted molar refractivity (Wildman–Crippen MR) is 148 cm³/mol. The monoisotopic (exact) mass is 619 g/mol. The molecule has 17 heteroatoms. The van der Waals surface area contributed by atoms with Crippen LogP contribution in [0.2, 0.25) is 0 Å². The smallest absolute Gasteiger partial charge is 0.365 e. The van der Waals surface area contributed by atoms with Crippen LogP contribution in [0, 0.1) is 5.41 Å². The maximum Gasteiger partial charge on any atom is 0.365 e. The zero-order valence-corrected chi connectivity index (χ0v) is 25.5. The molecule has 0 aromatic carbocycles. The molecular weight excluding hydrogens is 582 g/mol. The molecule has 230 valence electrons. The number of nitrogens with two attached hydrogens (primary N) is 1. The van der Waals surface area contributed by atoms with Gasteiger partial charge in [-0.05, 0) is 41.0 Å². The second-order valence-electron chi connectivity index (χ2n) is 10.5. The number of rotatable bonds is 16. The molecule has 1 saturated heterocycles. The Hall–Kier alpha value is -3.31. The fourth-order valence-corrected chi connectivity index (χ4v) is 5.30. The quantitative estimate of drug-likeness (QED) is 0.0787. The Morgan fingerprint density at radius 3 is 2.41 bits per heavy atom. The summed E-state index contributed by atoms with van der Waals surface area (Å²) in [7, 11) is -4.62. The third-order valence-electron chi connectivity index (χ3n) is 6.08. The first kappa shape index (κ1) is 33.9. The number of esters is 1. The number of aromatic nitrogens is 1. The van der Waals surface area contributed by atoms with Gasteiger partial charge in [-0.2, -0.15) is 8.42 Å². The molecule has 0 bridgehead atoms. The van der Waals surface area contributed by atoms with Crippen molar-refractivity contribution in [2.45, 2.75) is 84.9 Å².